The lowest BCUT2D eigenvalue weighted by molar-refractivity contribution is 0.0600. The highest BCUT2D eigenvalue weighted by molar-refractivity contribution is 7.73. The summed E-state index contributed by atoms with van der Waals surface area (Å²) in [6, 6.07) is 21.9. The predicted molar refractivity (Wildman–Crippen MR) is 126 cm³/mol. The number of para-hydroxylation sites is 1. The number of carbonyl (C=O) groups excluding carboxylic acids is 2. The number of hydrogen-bond acceptors (Lipinski definition) is 6. The number of methoxy groups -OCH3 is 1. The molecule has 0 spiro atoms. The molecule has 156 valence electrons. The molecule has 0 radical (unpaired) electrons. The van der Waals surface area contributed by atoms with Crippen LogP contribution in [0.1, 0.15) is 20.7 Å². The van der Waals surface area contributed by atoms with Gasteiger partial charge in [-0.15, -0.1) is 11.3 Å². The van der Waals surface area contributed by atoms with Gasteiger partial charge in [-0.25, -0.2) is 4.79 Å². The minimum atomic E-state index is -0.419. The summed E-state index contributed by atoms with van der Waals surface area (Å²) < 4.78 is 8.68. The van der Waals surface area contributed by atoms with E-state index in [1.54, 1.807) is 47.7 Å². The molecule has 0 aliphatic heterocycles. The first-order valence-corrected chi connectivity index (χ1v) is 10.7. The number of benzene rings is 3. The van der Waals surface area contributed by atoms with Crippen molar-refractivity contribution >= 4 is 57.0 Å². The van der Waals surface area contributed by atoms with Gasteiger partial charge in [-0.1, -0.05) is 12.1 Å². The van der Waals surface area contributed by atoms with Crippen LogP contribution in [0.5, 0.6) is 0 Å². The molecule has 1 heterocycles. The molecule has 1 aromatic heterocycles. The molecule has 31 heavy (non-hydrogen) atoms. The van der Waals surface area contributed by atoms with Crippen molar-refractivity contribution in [2.45, 2.75) is 6.67 Å². The standard InChI is InChI=1S/C23H19N3O3S2/c1-29-22(28)16-8-12-18(13-9-16)25-21(27)15-6-10-17(11-7-15)24-14-26-19-4-2-3-5-20(19)31-23(26)30/h2-13,24H,14H2,1H3,(H,25,27). The zero-order valence-electron chi connectivity index (χ0n) is 16.6. The van der Waals surface area contributed by atoms with Gasteiger partial charge in [0, 0.05) is 16.9 Å². The van der Waals surface area contributed by atoms with E-state index >= 15 is 0 Å². The quantitative estimate of drug-likeness (QED) is 0.299. The second-order valence-corrected chi connectivity index (χ2v) is 8.37. The number of thiazole rings is 1. The molecule has 0 saturated heterocycles. The topological polar surface area (TPSA) is 72.4 Å². The molecule has 0 saturated carbocycles. The van der Waals surface area contributed by atoms with E-state index in [-0.39, 0.29) is 5.91 Å². The maximum Gasteiger partial charge on any atom is 0.337 e. The van der Waals surface area contributed by atoms with E-state index < -0.39 is 5.97 Å². The minimum Gasteiger partial charge on any atom is -0.465 e. The van der Waals surface area contributed by atoms with Crippen LogP contribution in [0.4, 0.5) is 11.4 Å². The van der Waals surface area contributed by atoms with Crippen molar-refractivity contribution in [3.8, 4) is 0 Å². The van der Waals surface area contributed by atoms with Crippen LogP contribution in [0.25, 0.3) is 10.2 Å². The van der Waals surface area contributed by atoms with Gasteiger partial charge in [-0.3, -0.25) is 4.79 Å². The number of amides is 1. The molecule has 0 unspecified atom stereocenters. The Bertz CT molecular complexity index is 1290. The average Bonchev–Trinajstić information content (AvgIpc) is 3.12. The van der Waals surface area contributed by atoms with Crippen LogP contribution in [0.3, 0.4) is 0 Å². The summed E-state index contributed by atoms with van der Waals surface area (Å²) in [5.41, 5.74) is 3.53. The summed E-state index contributed by atoms with van der Waals surface area (Å²) in [7, 11) is 1.33. The summed E-state index contributed by atoms with van der Waals surface area (Å²) in [6.45, 7) is 0.543. The maximum absolute atomic E-state index is 12.5. The van der Waals surface area contributed by atoms with Crippen molar-refractivity contribution in [2.75, 3.05) is 17.7 Å². The van der Waals surface area contributed by atoms with E-state index in [4.69, 9.17) is 12.2 Å². The van der Waals surface area contributed by atoms with Crippen molar-refractivity contribution < 1.29 is 14.3 Å². The van der Waals surface area contributed by atoms with Gasteiger partial charge in [0.1, 0.15) is 0 Å². The highest BCUT2D eigenvalue weighted by Crippen LogP contribution is 2.23. The second-order valence-electron chi connectivity index (χ2n) is 6.70. The summed E-state index contributed by atoms with van der Waals surface area (Å²) >= 11 is 7.06. The lowest BCUT2D eigenvalue weighted by atomic mass is 10.1. The fraction of sp³-hybridized carbons (Fsp3) is 0.0870. The third-order valence-electron chi connectivity index (χ3n) is 4.73. The number of aromatic nitrogens is 1. The third kappa shape index (κ3) is 4.65. The summed E-state index contributed by atoms with van der Waals surface area (Å²) in [4.78, 5) is 24.0. The smallest absolute Gasteiger partial charge is 0.337 e. The van der Waals surface area contributed by atoms with Crippen molar-refractivity contribution in [3.05, 3.63) is 87.9 Å². The third-order valence-corrected chi connectivity index (χ3v) is 6.16. The molecule has 0 fully saturated rings. The van der Waals surface area contributed by atoms with Crippen LogP contribution in [-0.2, 0) is 11.4 Å². The molecular weight excluding hydrogens is 430 g/mol. The number of carbonyl (C=O) groups is 2. The van der Waals surface area contributed by atoms with Gasteiger partial charge in [0.25, 0.3) is 5.91 Å². The number of esters is 1. The van der Waals surface area contributed by atoms with Gasteiger partial charge in [-0.2, -0.15) is 0 Å². The maximum atomic E-state index is 12.5. The predicted octanol–water partition coefficient (Wildman–Crippen LogP) is 5.54. The molecule has 8 heteroatoms. The Morgan fingerprint density at radius 2 is 1.58 bits per heavy atom. The molecule has 2 N–H and O–H groups in total. The molecule has 0 aliphatic carbocycles. The molecule has 6 nitrogen and oxygen atoms in total. The van der Waals surface area contributed by atoms with E-state index in [0.717, 1.165) is 19.9 Å². The van der Waals surface area contributed by atoms with E-state index in [1.165, 1.54) is 7.11 Å². The second kappa shape index (κ2) is 9.11. The zero-order valence-corrected chi connectivity index (χ0v) is 18.3. The Morgan fingerprint density at radius 3 is 2.29 bits per heavy atom. The molecule has 1 amide bonds. The first-order chi connectivity index (χ1) is 15.0. The summed E-state index contributed by atoms with van der Waals surface area (Å²) in [5, 5.41) is 6.16. The Hall–Kier alpha value is -3.49. The number of anilines is 2. The van der Waals surface area contributed by atoms with Crippen LogP contribution in [0, 0.1) is 3.95 Å². The van der Waals surface area contributed by atoms with Crippen LogP contribution in [0.2, 0.25) is 0 Å². The van der Waals surface area contributed by atoms with Gasteiger partial charge in [0.2, 0.25) is 0 Å². The molecule has 3 aromatic carbocycles. The number of ether oxygens (including phenoxy) is 1. The average molecular weight is 450 g/mol. The molecule has 0 atom stereocenters. The minimum absolute atomic E-state index is 0.233. The van der Waals surface area contributed by atoms with E-state index in [2.05, 4.69) is 27.5 Å². The van der Waals surface area contributed by atoms with Crippen molar-refractivity contribution in [1.29, 1.82) is 0 Å². The zero-order chi connectivity index (χ0) is 21.8. The number of fused-ring (bicyclic) bond motifs is 1. The van der Waals surface area contributed by atoms with Crippen LogP contribution >= 0.6 is 23.6 Å². The van der Waals surface area contributed by atoms with E-state index in [0.29, 0.717) is 23.5 Å². The molecular formula is C23H19N3O3S2. The highest BCUT2D eigenvalue weighted by atomic mass is 32.1. The van der Waals surface area contributed by atoms with Crippen molar-refractivity contribution in [1.82, 2.24) is 4.57 Å². The van der Waals surface area contributed by atoms with E-state index in [9.17, 15) is 9.59 Å². The Labute approximate surface area is 188 Å². The number of nitrogens with one attached hydrogen (secondary N) is 2. The largest absolute Gasteiger partial charge is 0.465 e. The molecule has 0 aliphatic rings. The fourth-order valence-corrected chi connectivity index (χ4v) is 4.41. The number of hydrogen-bond donors (Lipinski definition) is 2. The Kier molecular flexibility index (Phi) is 6.11. The van der Waals surface area contributed by atoms with Crippen LogP contribution in [-0.4, -0.2) is 23.6 Å². The first kappa shape index (κ1) is 20.8. The monoisotopic (exact) mass is 449 g/mol. The SMILES string of the molecule is COC(=O)c1ccc(NC(=O)c2ccc(NCn3c(=S)sc4ccccc43)cc2)cc1. The van der Waals surface area contributed by atoms with Gasteiger partial charge in [-0.05, 0) is 72.9 Å². The van der Waals surface area contributed by atoms with Crippen molar-refractivity contribution in [3.63, 3.8) is 0 Å². The summed E-state index contributed by atoms with van der Waals surface area (Å²) in [5.74, 6) is -0.652. The summed E-state index contributed by atoms with van der Waals surface area (Å²) in [6.07, 6.45) is 0. The lowest BCUT2D eigenvalue weighted by Gasteiger charge is -2.10. The lowest BCUT2D eigenvalue weighted by Crippen LogP contribution is -2.12. The number of nitrogens with zero attached hydrogens (tertiary/aromatic N) is 1. The van der Waals surface area contributed by atoms with Gasteiger partial charge in [0.05, 0.1) is 29.6 Å². The van der Waals surface area contributed by atoms with Crippen LogP contribution < -0.4 is 10.6 Å². The normalized spacial score (nSPS) is 10.6. The molecule has 4 aromatic rings. The highest BCUT2D eigenvalue weighted by Gasteiger charge is 2.09. The Balaban J connectivity index is 1.39. The molecule has 0 bridgehead atoms. The fourth-order valence-electron chi connectivity index (χ4n) is 3.08. The van der Waals surface area contributed by atoms with Crippen LogP contribution in [0.15, 0.2) is 72.8 Å². The van der Waals surface area contributed by atoms with Gasteiger partial charge in [0.15, 0.2) is 3.95 Å². The van der Waals surface area contributed by atoms with Gasteiger partial charge < -0.3 is 19.9 Å². The Morgan fingerprint density at radius 1 is 0.935 bits per heavy atom. The number of rotatable bonds is 6. The first-order valence-electron chi connectivity index (χ1n) is 9.47. The van der Waals surface area contributed by atoms with Gasteiger partial charge >= 0.3 is 5.97 Å². The van der Waals surface area contributed by atoms with Crippen molar-refractivity contribution in [2.24, 2.45) is 0 Å². The van der Waals surface area contributed by atoms with E-state index in [1.807, 2.05) is 28.8 Å². The molecule has 4 rings (SSSR count).